The monoisotopic (exact) mass is 434 g/mol. The second-order valence-electron chi connectivity index (χ2n) is 9.56. The molecule has 2 atom stereocenters. The first kappa shape index (κ1) is 20.6. The molecule has 0 unspecified atom stereocenters. The Morgan fingerprint density at radius 2 is 1.78 bits per heavy atom. The molecular weight excluding hydrogens is 407 g/mol. The summed E-state index contributed by atoms with van der Waals surface area (Å²) in [5.74, 6) is 0.878. The Labute approximate surface area is 185 Å². The van der Waals surface area contributed by atoms with Gasteiger partial charge >= 0.3 is 0 Å². The Bertz CT molecular complexity index is 1310. The minimum absolute atomic E-state index is 0.135. The SMILES string of the molecule is Cn1cc2cc(-c3ccc4nc(N5C[C@H](NC(C)(C)C)[C@@H](F)C5)ccc4n3)c(O)cc2n1. The van der Waals surface area contributed by atoms with Gasteiger partial charge in [-0.1, -0.05) is 0 Å². The smallest absolute Gasteiger partial charge is 0.134 e. The van der Waals surface area contributed by atoms with Gasteiger partial charge in [-0.3, -0.25) is 4.68 Å². The van der Waals surface area contributed by atoms with Crippen LogP contribution in [0.5, 0.6) is 5.75 Å². The van der Waals surface area contributed by atoms with Crippen LogP contribution in [0.2, 0.25) is 0 Å². The van der Waals surface area contributed by atoms with Gasteiger partial charge in [-0.05, 0) is 51.1 Å². The number of benzene rings is 1. The highest BCUT2D eigenvalue weighted by atomic mass is 19.1. The summed E-state index contributed by atoms with van der Waals surface area (Å²) < 4.78 is 16.3. The molecule has 0 radical (unpaired) electrons. The van der Waals surface area contributed by atoms with Crippen LogP contribution in [0.15, 0.2) is 42.6 Å². The first-order valence-electron chi connectivity index (χ1n) is 10.8. The van der Waals surface area contributed by atoms with Crippen LogP contribution in [0.1, 0.15) is 20.8 Å². The molecule has 1 aromatic carbocycles. The van der Waals surface area contributed by atoms with Gasteiger partial charge in [0.15, 0.2) is 0 Å². The van der Waals surface area contributed by atoms with Gasteiger partial charge in [-0.2, -0.15) is 5.10 Å². The zero-order valence-electron chi connectivity index (χ0n) is 18.7. The predicted octanol–water partition coefficient (Wildman–Crippen LogP) is 3.80. The van der Waals surface area contributed by atoms with E-state index in [0.717, 1.165) is 27.8 Å². The molecule has 0 amide bonds. The summed E-state index contributed by atoms with van der Waals surface area (Å²) in [5.41, 5.74) is 3.35. The maximum atomic E-state index is 14.6. The maximum absolute atomic E-state index is 14.6. The molecule has 4 heterocycles. The van der Waals surface area contributed by atoms with Crippen molar-refractivity contribution in [3.63, 3.8) is 0 Å². The molecule has 1 saturated heterocycles. The molecule has 1 fully saturated rings. The molecular formula is C24H27FN6O. The highest BCUT2D eigenvalue weighted by Crippen LogP contribution is 2.33. The Hall–Kier alpha value is -3.26. The number of nitrogens with zero attached hydrogens (tertiary/aromatic N) is 5. The number of phenols is 1. The number of nitrogens with one attached hydrogen (secondary N) is 1. The third-order valence-corrected chi connectivity index (χ3v) is 5.73. The number of phenolic OH excluding ortho intramolecular Hbond substituents is 1. The minimum Gasteiger partial charge on any atom is -0.507 e. The number of hydrogen-bond acceptors (Lipinski definition) is 6. The zero-order chi connectivity index (χ0) is 22.6. The molecule has 0 spiro atoms. The summed E-state index contributed by atoms with van der Waals surface area (Å²) in [7, 11) is 1.85. The van der Waals surface area contributed by atoms with Crippen molar-refractivity contribution in [1.29, 1.82) is 0 Å². The van der Waals surface area contributed by atoms with E-state index in [0.29, 0.717) is 24.3 Å². The van der Waals surface area contributed by atoms with Crippen molar-refractivity contribution in [2.24, 2.45) is 7.05 Å². The third kappa shape index (κ3) is 3.86. The fourth-order valence-electron chi connectivity index (χ4n) is 4.36. The van der Waals surface area contributed by atoms with E-state index in [2.05, 4.69) is 10.4 Å². The second-order valence-corrected chi connectivity index (χ2v) is 9.56. The fourth-order valence-corrected chi connectivity index (χ4v) is 4.36. The lowest BCUT2D eigenvalue weighted by Gasteiger charge is -2.26. The van der Waals surface area contributed by atoms with Gasteiger partial charge in [0.1, 0.15) is 17.7 Å². The van der Waals surface area contributed by atoms with Crippen molar-refractivity contribution >= 4 is 27.8 Å². The number of halogens is 1. The van der Waals surface area contributed by atoms with Gasteiger partial charge in [-0.15, -0.1) is 0 Å². The fraction of sp³-hybridized carbons (Fsp3) is 0.375. The molecule has 2 N–H and O–H groups in total. The number of anilines is 1. The molecule has 3 aromatic heterocycles. The van der Waals surface area contributed by atoms with Crippen molar-refractivity contribution in [2.45, 2.75) is 38.5 Å². The molecule has 4 aromatic rings. The number of pyridine rings is 2. The Kier molecular flexibility index (Phi) is 4.78. The second kappa shape index (κ2) is 7.41. The Morgan fingerprint density at radius 3 is 2.56 bits per heavy atom. The third-order valence-electron chi connectivity index (χ3n) is 5.73. The van der Waals surface area contributed by atoms with Crippen molar-refractivity contribution in [3.05, 3.63) is 42.6 Å². The van der Waals surface area contributed by atoms with E-state index < -0.39 is 6.17 Å². The summed E-state index contributed by atoms with van der Waals surface area (Å²) >= 11 is 0. The number of rotatable bonds is 3. The van der Waals surface area contributed by atoms with Crippen LogP contribution in [0.25, 0.3) is 33.2 Å². The number of aryl methyl sites for hydroxylation is 1. The van der Waals surface area contributed by atoms with Crippen LogP contribution >= 0.6 is 0 Å². The summed E-state index contributed by atoms with van der Waals surface area (Å²) in [6.45, 7) is 7.02. The van der Waals surface area contributed by atoms with Gasteiger partial charge in [0, 0.05) is 42.3 Å². The van der Waals surface area contributed by atoms with Crippen molar-refractivity contribution in [1.82, 2.24) is 25.1 Å². The largest absolute Gasteiger partial charge is 0.507 e. The highest BCUT2D eigenvalue weighted by Gasteiger charge is 2.35. The first-order valence-corrected chi connectivity index (χ1v) is 10.8. The topological polar surface area (TPSA) is 79.1 Å². The van der Waals surface area contributed by atoms with Crippen molar-refractivity contribution in [3.8, 4) is 17.0 Å². The van der Waals surface area contributed by atoms with Gasteiger partial charge in [0.25, 0.3) is 0 Å². The molecule has 166 valence electrons. The van der Waals surface area contributed by atoms with Gasteiger partial charge in [0.05, 0.1) is 34.8 Å². The average Bonchev–Trinajstić information content (AvgIpc) is 3.26. The number of hydrogen-bond donors (Lipinski definition) is 2. The molecule has 0 aliphatic carbocycles. The van der Waals surface area contributed by atoms with Crippen LogP contribution in [-0.2, 0) is 7.05 Å². The molecule has 5 rings (SSSR count). The van der Waals surface area contributed by atoms with E-state index in [1.165, 1.54) is 0 Å². The van der Waals surface area contributed by atoms with E-state index in [4.69, 9.17) is 9.97 Å². The molecule has 1 aliphatic rings. The lowest BCUT2D eigenvalue weighted by atomic mass is 10.1. The number of alkyl halides is 1. The Morgan fingerprint density at radius 1 is 1.03 bits per heavy atom. The normalized spacial score (nSPS) is 19.3. The lowest BCUT2D eigenvalue weighted by Crippen LogP contribution is -2.48. The minimum atomic E-state index is -0.947. The predicted molar refractivity (Wildman–Crippen MR) is 125 cm³/mol. The standard InChI is InChI=1S/C24H27FN6O/c1-24(2,3)28-21-13-31(12-16(21)25)23-8-7-18-19(27-23)6-5-17(26-18)15-9-14-11-30(4)29-20(14)10-22(15)32/h5-11,16,21,28,32H,12-13H2,1-4H3/t16-,21-/m0/s1. The molecule has 32 heavy (non-hydrogen) atoms. The van der Waals surface area contributed by atoms with E-state index >= 15 is 0 Å². The highest BCUT2D eigenvalue weighted by molar-refractivity contribution is 5.88. The van der Waals surface area contributed by atoms with Crippen LogP contribution in [0.4, 0.5) is 10.2 Å². The van der Waals surface area contributed by atoms with E-state index in [-0.39, 0.29) is 17.3 Å². The van der Waals surface area contributed by atoms with Gasteiger partial charge in [0.2, 0.25) is 0 Å². The van der Waals surface area contributed by atoms with E-state index in [1.807, 2.05) is 69.2 Å². The van der Waals surface area contributed by atoms with Crippen molar-refractivity contribution < 1.29 is 9.50 Å². The molecule has 1 aliphatic heterocycles. The van der Waals surface area contributed by atoms with Crippen LogP contribution in [-0.4, -0.2) is 55.7 Å². The molecule has 8 heteroatoms. The van der Waals surface area contributed by atoms with E-state index in [9.17, 15) is 9.50 Å². The maximum Gasteiger partial charge on any atom is 0.134 e. The van der Waals surface area contributed by atoms with Crippen LogP contribution in [0.3, 0.4) is 0 Å². The van der Waals surface area contributed by atoms with Gasteiger partial charge in [-0.25, -0.2) is 14.4 Å². The molecule has 0 bridgehead atoms. The Balaban J connectivity index is 1.44. The number of aromatic nitrogens is 4. The molecule has 7 nitrogen and oxygen atoms in total. The quantitative estimate of drug-likeness (QED) is 0.511. The number of fused-ring (bicyclic) bond motifs is 2. The van der Waals surface area contributed by atoms with E-state index in [1.54, 1.807) is 10.7 Å². The van der Waals surface area contributed by atoms with Crippen LogP contribution < -0.4 is 10.2 Å². The van der Waals surface area contributed by atoms with Crippen molar-refractivity contribution in [2.75, 3.05) is 18.0 Å². The average molecular weight is 435 g/mol. The lowest BCUT2D eigenvalue weighted by molar-refractivity contribution is 0.257. The summed E-state index contributed by atoms with van der Waals surface area (Å²) in [4.78, 5) is 11.4. The molecule has 0 saturated carbocycles. The van der Waals surface area contributed by atoms with Gasteiger partial charge < -0.3 is 15.3 Å². The summed E-state index contributed by atoms with van der Waals surface area (Å²) in [6, 6.07) is 10.8. The first-order chi connectivity index (χ1) is 15.2. The zero-order valence-corrected chi connectivity index (χ0v) is 18.7. The van der Waals surface area contributed by atoms with Crippen LogP contribution in [0, 0.1) is 0 Å². The number of aromatic hydroxyl groups is 1. The summed E-state index contributed by atoms with van der Waals surface area (Å²) in [5, 5.41) is 19.1. The summed E-state index contributed by atoms with van der Waals surface area (Å²) in [6.07, 6.45) is 0.959.